The van der Waals surface area contributed by atoms with Gasteiger partial charge in [-0.1, -0.05) is 71.7 Å². The zero-order valence-corrected chi connectivity index (χ0v) is 40.1. The smallest absolute Gasteiger partial charge is 0.133 e. The van der Waals surface area contributed by atoms with E-state index in [0.29, 0.717) is 17.5 Å². The summed E-state index contributed by atoms with van der Waals surface area (Å²) in [5.41, 5.74) is 5.90. The van der Waals surface area contributed by atoms with Gasteiger partial charge in [0.2, 0.25) is 0 Å². The van der Waals surface area contributed by atoms with Crippen molar-refractivity contribution in [3.05, 3.63) is 136 Å². The summed E-state index contributed by atoms with van der Waals surface area (Å²) in [6.07, 6.45) is 8.76. The Morgan fingerprint density at radius 3 is 2.38 bits per heavy atom. The first-order valence-corrected chi connectivity index (χ1v) is 24.6. The Morgan fingerprint density at radius 2 is 1.62 bits per heavy atom. The molecular formula is C53H69Cl2N7O3. The van der Waals surface area contributed by atoms with Crippen molar-refractivity contribution < 1.29 is 14.6 Å². The van der Waals surface area contributed by atoms with Gasteiger partial charge in [0.05, 0.1) is 31.1 Å². The number of piperidine rings is 2. The van der Waals surface area contributed by atoms with Crippen molar-refractivity contribution in [2.75, 3.05) is 66.1 Å². The van der Waals surface area contributed by atoms with E-state index < -0.39 is 0 Å². The van der Waals surface area contributed by atoms with Crippen molar-refractivity contribution in [1.82, 2.24) is 34.9 Å². The Morgan fingerprint density at radius 1 is 0.846 bits per heavy atom. The molecule has 0 spiro atoms. The zero-order chi connectivity index (χ0) is 45.2. The highest BCUT2D eigenvalue weighted by atomic mass is 35.5. The van der Waals surface area contributed by atoms with Crippen molar-refractivity contribution in [1.29, 1.82) is 0 Å². The van der Waals surface area contributed by atoms with Gasteiger partial charge in [-0.25, -0.2) is 4.98 Å². The number of aliphatic hydroxyl groups excluding tert-OH is 1. The van der Waals surface area contributed by atoms with Gasteiger partial charge in [-0.2, -0.15) is 0 Å². The molecule has 3 fully saturated rings. The highest BCUT2D eigenvalue weighted by Gasteiger charge is 2.37. The second-order valence-corrected chi connectivity index (χ2v) is 19.9. The minimum Gasteiger partial charge on any atom is -0.457 e. The average Bonchev–Trinajstić information content (AvgIpc) is 3.67. The van der Waals surface area contributed by atoms with Crippen LogP contribution in [-0.4, -0.2) is 119 Å². The Hall–Kier alpha value is -3.81. The first-order valence-electron chi connectivity index (χ1n) is 23.8. The number of methoxy groups -OCH3 is 1. The number of ether oxygens (including phenoxy) is 2. The van der Waals surface area contributed by atoms with Crippen molar-refractivity contribution in [2.45, 2.75) is 88.7 Å². The molecule has 10 nitrogen and oxygen atoms in total. The lowest BCUT2D eigenvalue weighted by Crippen LogP contribution is -2.62. The molecule has 2 bridgehead atoms. The van der Waals surface area contributed by atoms with Crippen LogP contribution in [0.4, 0.5) is 0 Å². The molecule has 0 radical (unpaired) electrons. The number of benzene rings is 4. The van der Waals surface area contributed by atoms with Gasteiger partial charge >= 0.3 is 0 Å². The fourth-order valence-electron chi connectivity index (χ4n) is 10.2. The van der Waals surface area contributed by atoms with E-state index in [1.807, 2.05) is 42.6 Å². The summed E-state index contributed by atoms with van der Waals surface area (Å²) < 4.78 is 14.7. The number of rotatable bonds is 13. The summed E-state index contributed by atoms with van der Waals surface area (Å²) in [5.74, 6) is 3.03. The van der Waals surface area contributed by atoms with E-state index in [0.717, 1.165) is 150 Å². The number of aromatic nitrogens is 2. The molecule has 0 aliphatic carbocycles. The fraction of sp³-hybridized carbons (Fsp3) is 0.491. The number of hydrogen-bond donors (Lipinski definition) is 3. The molecule has 3 saturated heterocycles. The third-order valence-electron chi connectivity index (χ3n) is 14.0. The van der Waals surface area contributed by atoms with Crippen molar-refractivity contribution in [2.24, 2.45) is 13.0 Å². The number of nitrogens with zero attached hydrogens (tertiary/aromatic N) is 5. The summed E-state index contributed by atoms with van der Waals surface area (Å²) in [5, 5.41) is 19.5. The number of fused-ring (bicyclic) bond motifs is 2. The lowest BCUT2D eigenvalue weighted by molar-refractivity contribution is 0.0777. The maximum absolute atomic E-state index is 9.96. The summed E-state index contributed by atoms with van der Waals surface area (Å²) in [4.78, 5) is 12.5. The Labute approximate surface area is 397 Å². The minimum atomic E-state index is -0.185. The first kappa shape index (κ1) is 47.7. The van der Waals surface area contributed by atoms with Crippen LogP contribution in [0.1, 0.15) is 61.5 Å². The van der Waals surface area contributed by atoms with E-state index in [-0.39, 0.29) is 23.7 Å². The predicted octanol–water partition coefficient (Wildman–Crippen LogP) is 8.87. The fourth-order valence-corrected chi connectivity index (χ4v) is 10.5. The van der Waals surface area contributed by atoms with Gasteiger partial charge in [0.15, 0.2) is 0 Å². The van der Waals surface area contributed by atoms with Crippen molar-refractivity contribution in [3.8, 4) is 22.8 Å². The SMILES string of the molecule is COC[C@@H]1CN[C@@]2(Cc3ccc(Cl)cc3)CCCN(C[C@H](Cc3ccccc3)CCN(Cc3ccc(Cl)cc3Oc3ccc(-c4cnc(CN5CCC(O)CC5)n4C)cc3)[C@@H](C)CN1)C2. The molecule has 5 atom stereocenters. The Bertz CT molecular complexity index is 2230. The molecular weight excluding hydrogens is 854 g/mol. The maximum Gasteiger partial charge on any atom is 0.133 e. The minimum absolute atomic E-state index is 0.0501. The Kier molecular flexibility index (Phi) is 16.7. The van der Waals surface area contributed by atoms with Crippen LogP contribution in [-0.2, 0) is 37.7 Å². The molecule has 5 aromatic rings. The van der Waals surface area contributed by atoms with Crippen LogP contribution in [0.5, 0.6) is 11.5 Å². The summed E-state index contributed by atoms with van der Waals surface area (Å²) >= 11 is 13.0. The molecule has 8 rings (SSSR count). The monoisotopic (exact) mass is 921 g/mol. The van der Waals surface area contributed by atoms with Crippen LogP contribution in [0.25, 0.3) is 11.3 Å². The molecule has 1 unspecified atom stereocenters. The van der Waals surface area contributed by atoms with Crippen LogP contribution >= 0.6 is 23.2 Å². The number of halogens is 2. The molecule has 12 heteroatoms. The lowest BCUT2D eigenvalue weighted by atomic mass is 9.82. The van der Waals surface area contributed by atoms with Gasteiger partial charge in [-0.05, 0) is 131 Å². The molecule has 0 saturated carbocycles. The molecule has 3 N–H and O–H groups in total. The molecule has 348 valence electrons. The highest BCUT2D eigenvalue weighted by molar-refractivity contribution is 6.31. The third kappa shape index (κ3) is 13.2. The van der Waals surface area contributed by atoms with Crippen molar-refractivity contribution >= 4 is 23.2 Å². The topological polar surface area (TPSA) is 90.3 Å². The number of aliphatic hydroxyl groups is 1. The zero-order valence-electron chi connectivity index (χ0n) is 38.6. The summed E-state index contributed by atoms with van der Waals surface area (Å²) in [6, 6.07) is 34.2. The van der Waals surface area contributed by atoms with Crippen LogP contribution in [0.2, 0.25) is 10.0 Å². The van der Waals surface area contributed by atoms with E-state index in [1.165, 1.54) is 11.1 Å². The number of likely N-dealkylation sites (tertiary alicyclic amines) is 1. The van der Waals surface area contributed by atoms with Crippen LogP contribution < -0.4 is 15.4 Å². The summed E-state index contributed by atoms with van der Waals surface area (Å²) in [7, 11) is 3.88. The Balaban J connectivity index is 1.00. The van der Waals surface area contributed by atoms with Crippen LogP contribution in [0.3, 0.4) is 0 Å². The second kappa shape index (κ2) is 22.8. The number of hydrogen-bond acceptors (Lipinski definition) is 9. The molecule has 65 heavy (non-hydrogen) atoms. The molecule has 4 heterocycles. The lowest BCUT2D eigenvalue weighted by Gasteiger charge is -2.46. The first-order chi connectivity index (χ1) is 31.6. The standard InChI is InChI=1S/C53H69Cl2N7O3/c1-39-31-56-47(37-64-3)32-58-53(30-41-10-15-45(54)16-11-41)23-7-24-61(38-53)34-42(28-40-8-5-4-6-9-40)20-27-62(39)35-44-12-17-46(55)29-51(44)65-49-18-13-43(14-19-49)50-33-57-52(59(50)2)36-60-25-21-48(63)22-26-60/h4-6,8-19,29,33,39,42,47-48,56,58,63H,7,20-28,30-32,34-38H2,1-3H3/t39-,42-,47-,53+/m0/s1. The molecule has 1 aromatic heterocycles. The molecule has 0 amide bonds. The van der Waals surface area contributed by atoms with Gasteiger partial charge in [0.25, 0.3) is 0 Å². The van der Waals surface area contributed by atoms with E-state index in [1.54, 1.807) is 7.11 Å². The van der Waals surface area contributed by atoms with Gasteiger partial charge < -0.3 is 34.7 Å². The van der Waals surface area contributed by atoms with Crippen LogP contribution in [0.15, 0.2) is 103 Å². The third-order valence-corrected chi connectivity index (χ3v) is 14.5. The van der Waals surface area contributed by atoms with E-state index >= 15 is 0 Å². The van der Waals surface area contributed by atoms with E-state index in [4.69, 9.17) is 37.7 Å². The van der Waals surface area contributed by atoms with Gasteiger partial charge in [0, 0.05) is 98.8 Å². The molecule has 3 aliphatic rings. The normalized spacial score (nSPS) is 24.4. The number of nitrogens with one attached hydrogen (secondary N) is 2. The van der Waals surface area contributed by atoms with E-state index in [9.17, 15) is 5.11 Å². The van der Waals surface area contributed by atoms with Crippen LogP contribution in [0, 0.1) is 5.92 Å². The maximum atomic E-state index is 9.96. The van der Waals surface area contributed by atoms with Gasteiger partial charge in [0.1, 0.15) is 17.3 Å². The largest absolute Gasteiger partial charge is 0.457 e. The second-order valence-electron chi connectivity index (χ2n) is 19.0. The highest BCUT2D eigenvalue weighted by Crippen LogP contribution is 2.33. The average molecular weight is 923 g/mol. The quantitative estimate of drug-likeness (QED) is 0.107. The number of imidazole rings is 1. The molecule has 4 aromatic carbocycles. The summed E-state index contributed by atoms with van der Waals surface area (Å²) in [6.45, 7) is 12.0. The van der Waals surface area contributed by atoms with Gasteiger partial charge in [-0.15, -0.1) is 0 Å². The van der Waals surface area contributed by atoms with Crippen molar-refractivity contribution in [3.63, 3.8) is 0 Å². The van der Waals surface area contributed by atoms with E-state index in [2.05, 4.69) is 105 Å². The predicted molar refractivity (Wildman–Crippen MR) is 264 cm³/mol. The molecule has 3 aliphatic heterocycles. The van der Waals surface area contributed by atoms with Gasteiger partial charge in [-0.3, -0.25) is 9.80 Å².